The zero-order valence-electron chi connectivity index (χ0n) is 12.6. The van der Waals surface area contributed by atoms with E-state index < -0.39 is 5.60 Å². The van der Waals surface area contributed by atoms with E-state index in [2.05, 4.69) is 10.0 Å². The van der Waals surface area contributed by atoms with E-state index in [9.17, 15) is 4.79 Å². The van der Waals surface area contributed by atoms with Crippen molar-refractivity contribution in [3.05, 3.63) is 46.3 Å². The number of piperidine rings is 1. The average molecular weight is 304 g/mol. The summed E-state index contributed by atoms with van der Waals surface area (Å²) in [5.41, 5.74) is 8.93. The van der Waals surface area contributed by atoms with Crippen LogP contribution in [0.15, 0.2) is 35.4 Å². The standard InChI is InChI=1S/C15H20N4O3/c1-21-15(12-17-18-16)7-9-19(10-8-15)14(20)22-11-13-5-3-2-4-6-13/h2-6H,7-12H2,1H3. The first-order valence-corrected chi connectivity index (χ1v) is 7.21. The highest BCUT2D eigenvalue weighted by Gasteiger charge is 2.35. The van der Waals surface area contributed by atoms with Gasteiger partial charge in [-0.05, 0) is 23.9 Å². The summed E-state index contributed by atoms with van der Waals surface area (Å²) in [5.74, 6) is 0. The van der Waals surface area contributed by atoms with Crippen molar-refractivity contribution in [2.45, 2.75) is 25.0 Å². The molecule has 0 aliphatic carbocycles. The number of nitrogens with zero attached hydrogens (tertiary/aromatic N) is 4. The summed E-state index contributed by atoms with van der Waals surface area (Å²) in [7, 11) is 1.61. The first-order chi connectivity index (χ1) is 10.7. The first kappa shape index (κ1) is 16.1. The van der Waals surface area contributed by atoms with Gasteiger partial charge in [0.1, 0.15) is 6.61 Å². The van der Waals surface area contributed by atoms with Crippen LogP contribution in [0, 0.1) is 0 Å². The predicted octanol–water partition coefficient (Wildman–Crippen LogP) is 3.11. The number of amides is 1. The molecule has 0 atom stereocenters. The van der Waals surface area contributed by atoms with Gasteiger partial charge in [-0.15, -0.1) is 0 Å². The van der Waals surface area contributed by atoms with Gasteiger partial charge in [-0.2, -0.15) is 0 Å². The van der Waals surface area contributed by atoms with Gasteiger partial charge in [0.15, 0.2) is 0 Å². The minimum absolute atomic E-state index is 0.268. The van der Waals surface area contributed by atoms with Crippen LogP contribution < -0.4 is 0 Å². The summed E-state index contributed by atoms with van der Waals surface area (Å²) in [6.07, 6.45) is 0.934. The van der Waals surface area contributed by atoms with E-state index in [0.717, 1.165) is 5.56 Å². The van der Waals surface area contributed by atoms with E-state index in [1.165, 1.54) is 0 Å². The van der Waals surface area contributed by atoms with Gasteiger partial charge < -0.3 is 14.4 Å². The third-order valence-electron chi connectivity index (χ3n) is 3.99. The summed E-state index contributed by atoms with van der Waals surface area (Å²) in [6, 6.07) is 9.57. The number of carbonyl (C=O) groups excluding carboxylic acids is 1. The summed E-state index contributed by atoms with van der Waals surface area (Å²) in [4.78, 5) is 16.5. The zero-order valence-corrected chi connectivity index (χ0v) is 12.6. The van der Waals surface area contributed by atoms with Gasteiger partial charge in [-0.1, -0.05) is 35.4 Å². The lowest BCUT2D eigenvalue weighted by molar-refractivity contribution is -0.0481. The smallest absolute Gasteiger partial charge is 0.410 e. The largest absolute Gasteiger partial charge is 0.445 e. The fourth-order valence-corrected chi connectivity index (χ4v) is 2.49. The lowest BCUT2D eigenvalue weighted by Gasteiger charge is -2.39. The molecule has 2 rings (SSSR count). The monoisotopic (exact) mass is 304 g/mol. The van der Waals surface area contributed by atoms with Crippen LogP contribution in [0.5, 0.6) is 0 Å². The van der Waals surface area contributed by atoms with Gasteiger partial charge >= 0.3 is 6.09 Å². The van der Waals surface area contributed by atoms with Crippen molar-refractivity contribution in [2.75, 3.05) is 26.7 Å². The molecule has 0 spiro atoms. The number of hydrogen-bond acceptors (Lipinski definition) is 4. The molecule has 0 radical (unpaired) electrons. The molecule has 0 N–H and O–H groups in total. The van der Waals surface area contributed by atoms with Crippen LogP contribution >= 0.6 is 0 Å². The Morgan fingerprint density at radius 3 is 2.64 bits per heavy atom. The van der Waals surface area contributed by atoms with E-state index in [4.69, 9.17) is 15.0 Å². The molecule has 1 fully saturated rings. The number of benzene rings is 1. The molecule has 22 heavy (non-hydrogen) atoms. The summed E-state index contributed by atoms with van der Waals surface area (Å²) >= 11 is 0. The van der Waals surface area contributed by atoms with E-state index in [1.54, 1.807) is 12.0 Å². The van der Waals surface area contributed by atoms with Crippen molar-refractivity contribution in [3.8, 4) is 0 Å². The predicted molar refractivity (Wildman–Crippen MR) is 81.2 cm³/mol. The maximum absolute atomic E-state index is 12.1. The quantitative estimate of drug-likeness (QED) is 0.475. The Kier molecular flexibility index (Phi) is 5.63. The lowest BCUT2D eigenvalue weighted by Crippen LogP contribution is -2.49. The van der Waals surface area contributed by atoms with Crippen molar-refractivity contribution in [2.24, 2.45) is 5.11 Å². The Hall–Kier alpha value is -2.24. The van der Waals surface area contributed by atoms with Crippen LogP contribution in [0.2, 0.25) is 0 Å². The molecule has 1 saturated heterocycles. The lowest BCUT2D eigenvalue weighted by atomic mass is 9.91. The molecular formula is C15H20N4O3. The highest BCUT2D eigenvalue weighted by Crippen LogP contribution is 2.26. The average Bonchev–Trinajstić information content (AvgIpc) is 2.59. The normalized spacial score (nSPS) is 16.7. The number of methoxy groups -OCH3 is 1. The summed E-state index contributed by atoms with van der Waals surface area (Å²) < 4.78 is 10.8. The third kappa shape index (κ3) is 4.13. The molecule has 0 aromatic heterocycles. The van der Waals surface area contributed by atoms with Crippen LogP contribution in [0.25, 0.3) is 10.4 Å². The number of ether oxygens (including phenoxy) is 2. The van der Waals surface area contributed by atoms with Crippen molar-refractivity contribution in [1.29, 1.82) is 0 Å². The number of carbonyl (C=O) groups is 1. The molecule has 1 aliphatic rings. The first-order valence-electron chi connectivity index (χ1n) is 7.21. The Bertz CT molecular complexity index is 535. The van der Waals surface area contributed by atoms with E-state index in [-0.39, 0.29) is 19.2 Å². The second kappa shape index (κ2) is 7.68. The van der Waals surface area contributed by atoms with Crippen LogP contribution in [0.3, 0.4) is 0 Å². The number of rotatable bonds is 5. The van der Waals surface area contributed by atoms with Crippen LogP contribution in [-0.2, 0) is 16.1 Å². The molecule has 118 valence electrons. The minimum Gasteiger partial charge on any atom is -0.445 e. The fraction of sp³-hybridized carbons (Fsp3) is 0.533. The molecule has 0 unspecified atom stereocenters. The Morgan fingerprint density at radius 1 is 1.36 bits per heavy atom. The van der Waals surface area contributed by atoms with Crippen LogP contribution in [-0.4, -0.2) is 43.3 Å². The second-order valence-electron chi connectivity index (χ2n) is 5.30. The highest BCUT2D eigenvalue weighted by atomic mass is 16.6. The van der Waals surface area contributed by atoms with Gasteiger partial charge in [0.05, 0.1) is 12.1 Å². The van der Waals surface area contributed by atoms with Crippen molar-refractivity contribution >= 4 is 6.09 Å². The fourth-order valence-electron chi connectivity index (χ4n) is 2.49. The maximum Gasteiger partial charge on any atom is 0.410 e. The van der Waals surface area contributed by atoms with Gasteiger partial charge in [0.25, 0.3) is 0 Å². The molecule has 0 bridgehead atoms. The Morgan fingerprint density at radius 2 is 2.05 bits per heavy atom. The number of azide groups is 1. The summed E-state index contributed by atoms with van der Waals surface area (Å²) in [6.45, 7) is 1.61. The molecule has 1 aromatic rings. The van der Waals surface area contributed by atoms with Crippen LogP contribution in [0.4, 0.5) is 4.79 Å². The van der Waals surface area contributed by atoms with Gasteiger partial charge in [-0.3, -0.25) is 0 Å². The summed E-state index contributed by atoms with van der Waals surface area (Å²) in [5, 5.41) is 3.61. The molecule has 1 heterocycles. The number of hydrogen-bond donors (Lipinski definition) is 0. The van der Waals surface area contributed by atoms with Gasteiger partial charge in [0, 0.05) is 25.1 Å². The van der Waals surface area contributed by atoms with E-state index in [1.807, 2.05) is 30.3 Å². The van der Waals surface area contributed by atoms with Crippen molar-refractivity contribution in [3.63, 3.8) is 0 Å². The Balaban J connectivity index is 1.82. The molecular weight excluding hydrogens is 284 g/mol. The zero-order chi connectivity index (χ0) is 15.8. The highest BCUT2D eigenvalue weighted by molar-refractivity contribution is 5.67. The molecule has 7 heteroatoms. The molecule has 7 nitrogen and oxygen atoms in total. The maximum atomic E-state index is 12.1. The SMILES string of the molecule is COC1(CN=[N+]=[N-])CCN(C(=O)OCc2ccccc2)CC1. The van der Waals surface area contributed by atoms with Crippen molar-refractivity contribution in [1.82, 2.24) is 4.90 Å². The van der Waals surface area contributed by atoms with Crippen LogP contribution in [0.1, 0.15) is 18.4 Å². The van der Waals surface area contributed by atoms with E-state index in [0.29, 0.717) is 25.9 Å². The van der Waals surface area contributed by atoms with Gasteiger partial charge in [0.2, 0.25) is 0 Å². The third-order valence-corrected chi connectivity index (χ3v) is 3.99. The minimum atomic E-state index is -0.470. The van der Waals surface area contributed by atoms with E-state index >= 15 is 0 Å². The molecule has 0 saturated carbocycles. The Labute approximate surface area is 129 Å². The van der Waals surface area contributed by atoms with Gasteiger partial charge in [-0.25, -0.2) is 4.79 Å². The topological polar surface area (TPSA) is 87.5 Å². The molecule has 1 amide bonds. The second-order valence-corrected chi connectivity index (χ2v) is 5.30. The van der Waals surface area contributed by atoms with Crippen molar-refractivity contribution < 1.29 is 14.3 Å². The molecule has 1 aromatic carbocycles. The number of likely N-dealkylation sites (tertiary alicyclic amines) is 1. The molecule has 1 aliphatic heterocycles.